The van der Waals surface area contributed by atoms with Crippen LogP contribution in [0, 0.1) is 5.92 Å². The van der Waals surface area contributed by atoms with Crippen molar-refractivity contribution < 1.29 is 0 Å². The lowest BCUT2D eigenvalue weighted by Gasteiger charge is -2.26. The third kappa shape index (κ3) is 3.48. The zero-order chi connectivity index (χ0) is 13.0. The summed E-state index contributed by atoms with van der Waals surface area (Å²) >= 11 is 1.78. The molecule has 1 saturated carbocycles. The highest BCUT2D eigenvalue weighted by molar-refractivity contribution is 7.10. The van der Waals surface area contributed by atoms with Crippen molar-refractivity contribution in [2.75, 3.05) is 13.1 Å². The van der Waals surface area contributed by atoms with E-state index in [1.165, 1.54) is 24.1 Å². The van der Waals surface area contributed by atoms with E-state index in [9.17, 15) is 0 Å². The van der Waals surface area contributed by atoms with E-state index in [1.807, 2.05) is 0 Å². The molecule has 4 heteroatoms. The number of hydrogen-bond donors (Lipinski definition) is 2. The van der Waals surface area contributed by atoms with E-state index in [0.717, 1.165) is 19.0 Å². The lowest BCUT2D eigenvalue weighted by atomic mass is 9.85. The Kier molecular flexibility index (Phi) is 4.27. The Bertz CT molecular complexity index is 391. The molecule has 1 heterocycles. The predicted molar refractivity (Wildman–Crippen MR) is 79.2 cm³/mol. The van der Waals surface area contributed by atoms with Gasteiger partial charge >= 0.3 is 0 Å². The minimum Gasteiger partial charge on any atom is -0.370 e. The SMILES string of the molecule is CC(C)(CN=C(N)NCC1CCC1)c1cccs1. The molecule has 3 N–H and O–H groups in total. The minimum absolute atomic E-state index is 0.0664. The smallest absolute Gasteiger partial charge is 0.188 e. The molecule has 2 rings (SSSR count). The molecule has 0 radical (unpaired) electrons. The molecular weight excluding hydrogens is 242 g/mol. The molecule has 0 spiro atoms. The number of hydrogen-bond acceptors (Lipinski definition) is 2. The van der Waals surface area contributed by atoms with Crippen molar-refractivity contribution in [2.24, 2.45) is 16.6 Å². The number of guanidine groups is 1. The molecule has 18 heavy (non-hydrogen) atoms. The summed E-state index contributed by atoms with van der Waals surface area (Å²) in [7, 11) is 0. The van der Waals surface area contributed by atoms with E-state index in [2.05, 4.69) is 41.7 Å². The summed E-state index contributed by atoms with van der Waals surface area (Å²) in [4.78, 5) is 5.83. The molecule has 0 unspecified atom stereocenters. The second-order valence-electron chi connectivity index (χ2n) is 5.74. The summed E-state index contributed by atoms with van der Waals surface area (Å²) in [6.07, 6.45) is 4.04. The Morgan fingerprint density at radius 2 is 2.33 bits per heavy atom. The third-order valence-corrected chi connectivity index (χ3v) is 4.87. The van der Waals surface area contributed by atoms with E-state index >= 15 is 0 Å². The highest BCUT2D eigenvalue weighted by Gasteiger charge is 2.21. The predicted octanol–water partition coefficient (Wildman–Crippen LogP) is 2.73. The number of aliphatic imine (C=N–C) groups is 1. The molecule has 0 bridgehead atoms. The standard InChI is InChI=1S/C14H23N3S/c1-14(2,12-7-4-8-18-12)10-17-13(15)16-9-11-5-3-6-11/h4,7-8,11H,3,5-6,9-10H2,1-2H3,(H3,15,16,17). The molecule has 1 aliphatic carbocycles. The molecule has 1 aromatic heterocycles. The first kappa shape index (κ1) is 13.4. The Morgan fingerprint density at radius 1 is 1.56 bits per heavy atom. The first-order chi connectivity index (χ1) is 8.58. The van der Waals surface area contributed by atoms with Gasteiger partial charge in [0.1, 0.15) is 0 Å². The van der Waals surface area contributed by atoms with Crippen LogP contribution in [0.1, 0.15) is 38.0 Å². The number of rotatable bonds is 5. The van der Waals surface area contributed by atoms with Gasteiger partial charge in [-0.2, -0.15) is 0 Å². The van der Waals surface area contributed by atoms with Gasteiger partial charge in [0.15, 0.2) is 5.96 Å². The Morgan fingerprint density at radius 3 is 2.89 bits per heavy atom. The van der Waals surface area contributed by atoms with Crippen LogP contribution in [-0.2, 0) is 5.41 Å². The van der Waals surface area contributed by atoms with Crippen molar-refractivity contribution in [3.8, 4) is 0 Å². The summed E-state index contributed by atoms with van der Waals surface area (Å²) in [6, 6.07) is 4.25. The second kappa shape index (κ2) is 5.74. The number of thiophene rings is 1. The van der Waals surface area contributed by atoms with Gasteiger partial charge in [-0.15, -0.1) is 11.3 Å². The molecule has 1 fully saturated rings. The van der Waals surface area contributed by atoms with E-state index < -0.39 is 0 Å². The van der Waals surface area contributed by atoms with Crippen LogP contribution < -0.4 is 11.1 Å². The average Bonchev–Trinajstić information content (AvgIpc) is 2.78. The molecular formula is C14H23N3S. The molecule has 0 saturated heterocycles. The lowest BCUT2D eigenvalue weighted by Crippen LogP contribution is -2.38. The maximum absolute atomic E-state index is 5.90. The summed E-state index contributed by atoms with van der Waals surface area (Å²) in [5, 5.41) is 5.34. The van der Waals surface area contributed by atoms with Crippen LogP contribution >= 0.6 is 11.3 Å². The molecule has 0 atom stereocenters. The van der Waals surface area contributed by atoms with Crippen LogP contribution in [-0.4, -0.2) is 19.0 Å². The summed E-state index contributed by atoms with van der Waals surface area (Å²) in [5.41, 5.74) is 5.97. The summed E-state index contributed by atoms with van der Waals surface area (Å²) in [5.74, 6) is 1.40. The summed E-state index contributed by atoms with van der Waals surface area (Å²) in [6.45, 7) is 6.13. The van der Waals surface area contributed by atoms with Gasteiger partial charge in [-0.3, -0.25) is 4.99 Å². The zero-order valence-electron chi connectivity index (χ0n) is 11.3. The van der Waals surface area contributed by atoms with Gasteiger partial charge < -0.3 is 11.1 Å². The monoisotopic (exact) mass is 265 g/mol. The molecule has 0 aromatic carbocycles. The van der Waals surface area contributed by atoms with Gasteiger partial charge in [0.05, 0.1) is 6.54 Å². The number of nitrogens with zero attached hydrogens (tertiary/aromatic N) is 1. The lowest BCUT2D eigenvalue weighted by molar-refractivity contribution is 0.315. The highest BCUT2D eigenvalue weighted by Crippen LogP contribution is 2.27. The van der Waals surface area contributed by atoms with Crippen LogP contribution in [0.15, 0.2) is 22.5 Å². The van der Waals surface area contributed by atoms with E-state index in [-0.39, 0.29) is 5.41 Å². The van der Waals surface area contributed by atoms with Crippen LogP contribution in [0.4, 0.5) is 0 Å². The molecule has 100 valence electrons. The quantitative estimate of drug-likeness (QED) is 0.635. The average molecular weight is 265 g/mol. The Hall–Kier alpha value is -1.03. The molecule has 1 aromatic rings. The van der Waals surface area contributed by atoms with Crippen molar-refractivity contribution in [1.82, 2.24) is 5.32 Å². The van der Waals surface area contributed by atoms with E-state index in [0.29, 0.717) is 5.96 Å². The molecule has 0 aliphatic heterocycles. The third-order valence-electron chi connectivity index (χ3n) is 3.63. The van der Waals surface area contributed by atoms with Gasteiger partial charge in [0, 0.05) is 16.8 Å². The van der Waals surface area contributed by atoms with Gasteiger partial charge in [-0.25, -0.2) is 0 Å². The largest absolute Gasteiger partial charge is 0.370 e. The fraction of sp³-hybridized carbons (Fsp3) is 0.643. The fourth-order valence-corrected chi connectivity index (χ4v) is 2.87. The minimum atomic E-state index is 0.0664. The molecule has 1 aliphatic rings. The topological polar surface area (TPSA) is 50.4 Å². The highest BCUT2D eigenvalue weighted by atomic mass is 32.1. The first-order valence-corrected chi connectivity index (χ1v) is 7.54. The van der Waals surface area contributed by atoms with Gasteiger partial charge in [-0.05, 0) is 30.2 Å². The van der Waals surface area contributed by atoms with Gasteiger partial charge in [0.2, 0.25) is 0 Å². The number of nitrogens with two attached hydrogens (primary N) is 1. The van der Waals surface area contributed by atoms with Crippen LogP contribution in [0.3, 0.4) is 0 Å². The van der Waals surface area contributed by atoms with Crippen LogP contribution in [0.5, 0.6) is 0 Å². The van der Waals surface area contributed by atoms with Crippen LogP contribution in [0.25, 0.3) is 0 Å². The first-order valence-electron chi connectivity index (χ1n) is 6.66. The van der Waals surface area contributed by atoms with Crippen LogP contribution in [0.2, 0.25) is 0 Å². The maximum atomic E-state index is 5.90. The fourth-order valence-electron chi connectivity index (χ4n) is 2.03. The Labute approximate surface area is 114 Å². The van der Waals surface area contributed by atoms with Crippen molar-refractivity contribution in [3.05, 3.63) is 22.4 Å². The zero-order valence-corrected chi connectivity index (χ0v) is 12.1. The van der Waals surface area contributed by atoms with Crippen molar-refractivity contribution in [3.63, 3.8) is 0 Å². The van der Waals surface area contributed by atoms with E-state index in [1.54, 1.807) is 11.3 Å². The molecule has 3 nitrogen and oxygen atoms in total. The van der Waals surface area contributed by atoms with Crippen molar-refractivity contribution >= 4 is 17.3 Å². The number of nitrogens with one attached hydrogen (secondary N) is 1. The van der Waals surface area contributed by atoms with E-state index in [4.69, 9.17) is 5.73 Å². The van der Waals surface area contributed by atoms with Crippen molar-refractivity contribution in [1.29, 1.82) is 0 Å². The second-order valence-corrected chi connectivity index (χ2v) is 6.69. The normalized spacial score (nSPS) is 17.6. The van der Waals surface area contributed by atoms with Gasteiger partial charge in [0.25, 0.3) is 0 Å². The molecule has 0 amide bonds. The van der Waals surface area contributed by atoms with Gasteiger partial charge in [-0.1, -0.05) is 26.3 Å². The maximum Gasteiger partial charge on any atom is 0.188 e. The summed E-state index contributed by atoms with van der Waals surface area (Å²) < 4.78 is 0. The van der Waals surface area contributed by atoms with Crippen molar-refractivity contribution in [2.45, 2.75) is 38.5 Å². The Balaban J connectivity index is 1.81.